The van der Waals surface area contributed by atoms with Crippen LogP contribution in [0.5, 0.6) is 11.5 Å². The van der Waals surface area contributed by atoms with Crippen LogP contribution < -0.4 is 0 Å². The summed E-state index contributed by atoms with van der Waals surface area (Å²) in [5.74, 6) is -4.78. The van der Waals surface area contributed by atoms with Gasteiger partial charge in [0.25, 0.3) is 0 Å². The van der Waals surface area contributed by atoms with E-state index in [0.717, 1.165) is 6.07 Å². The lowest BCUT2D eigenvalue weighted by atomic mass is 10.2. The third kappa shape index (κ3) is 1.50. The summed E-state index contributed by atoms with van der Waals surface area (Å²) in [6, 6.07) is 0.721. The monoisotopic (exact) mass is 206 g/mol. The highest BCUT2D eigenvalue weighted by atomic mass is 35.5. The van der Waals surface area contributed by atoms with Crippen molar-refractivity contribution in [2.24, 2.45) is 0 Å². The third-order valence-corrected chi connectivity index (χ3v) is 1.66. The van der Waals surface area contributed by atoms with Crippen LogP contribution in [0.25, 0.3) is 0 Å². The molecule has 0 saturated carbocycles. The maximum atomic E-state index is 12.9. The summed E-state index contributed by atoms with van der Waals surface area (Å²) in [5.41, 5.74) is -1.04. The number of hydrogen-bond donors (Lipinski definition) is 3. The summed E-state index contributed by atoms with van der Waals surface area (Å²) < 4.78 is 12.9. The maximum Gasteiger partial charge on any atom is 0.342 e. The molecule has 0 atom stereocenters. The smallest absolute Gasteiger partial charge is 0.342 e. The molecule has 0 bridgehead atoms. The molecule has 0 aliphatic rings. The normalized spacial score (nSPS) is 10.0. The van der Waals surface area contributed by atoms with E-state index in [9.17, 15) is 9.18 Å². The fraction of sp³-hybridized carbons (Fsp3) is 0. The molecule has 3 N–H and O–H groups in total. The molecule has 1 aromatic rings. The minimum absolute atomic E-state index is 0.562. The summed E-state index contributed by atoms with van der Waals surface area (Å²) in [5, 5.41) is 25.7. The predicted molar refractivity (Wildman–Crippen MR) is 41.7 cm³/mol. The molecule has 13 heavy (non-hydrogen) atoms. The third-order valence-electron chi connectivity index (χ3n) is 1.39. The number of benzene rings is 1. The minimum atomic E-state index is -1.70. The second-order valence-electron chi connectivity index (χ2n) is 2.22. The summed E-state index contributed by atoms with van der Waals surface area (Å²) in [6.07, 6.45) is 0. The zero-order valence-electron chi connectivity index (χ0n) is 6.08. The first-order valence-electron chi connectivity index (χ1n) is 3.08. The van der Waals surface area contributed by atoms with Crippen molar-refractivity contribution < 1.29 is 24.5 Å². The number of carboxylic acid groups (broad SMARTS) is 1. The van der Waals surface area contributed by atoms with Crippen molar-refractivity contribution in [3.63, 3.8) is 0 Å². The molecule has 1 rings (SSSR count). The average molecular weight is 207 g/mol. The van der Waals surface area contributed by atoms with E-state index in [1.165, 1.54) is 0 Å². The number of phenols is 2. The molecular weight excluding hydrogens is 203 g/mol. The van der Waals surface area contributed by atoms with Crippen LogP contribution in [0, 0.1) is 5.82 Å². The highest BCUT2D eigenvalue weighted by molar-refractivity contribution is 6.31. The van der Waals surface area contributed by atoms with Crippen molar-refractivity contribution in [1.29, 1.82) is 0 Å². The van der Waals surface area contributed by atoms with E-state index in [1.54, 1.807) is 0 Å². The van der Waals surface area contributed by atoms with Gasteiger partial charge in [-0.3, -0.25) is 0 Å². The molecule has 0 aliphatic carbocycles. The van der Waals surface area contributed by atoms with Crippen molar-refractivity contribution in [2.45, 2.75) is 0 Å². The largest absolute Gasteiger partial charge is 0.504 e. The predicted octanol–water partition coefficient (Wildman–Crippen LogP) is 1.59. The fourth-order valence-electron chi connectivity index (χ4n) is 0.798. The van der Waals surface area contributed by atoms with Crippen LogP contribution in [0.4, 0.5) is 4.39 Å². The highest BCUT2D eigenvalue weighted by Crippen LogP contribution is 2.35. The quantitative estimate of drug-likeness (QED) is 0.610. The van der Waals surface area contributed by atoms with Crippen LogP contribution in [0.2, 0.25) is 5.02 Å². The number of carbonyl (C=O) groups is 1. The Bertz CT molecular complexity index is 351. The Balaban J connectivity index is 3.56. The lowest BCUT2D eigenvalue weighted by Gasteiger charge is -2.04. The van der Waals surface area contributed by atoms with E-state index in [1.807, 2.05) is 0 Å². The second-order valence-corrected chi connectivity index (χ2v) is 2.63. The number of aromatic carboxylic acids is 1. The van der Waals surface area contributed by atoms with E-state index in [2.05, 4.69) is 0 Å². The van der Waals surface area contributed by atoms with Crippen molar-refractivity contribution in [3.05, 3.63) is 22.5 Å². The molecular formula is C7H4ClFO4. The number of phenolic OH excluding ortho intramolecular Hbond substituents is 1. The Labute approximate surface area is 76.8 Å². The van der Waals surface area contributed by atoms with E-state index >= 15 is 0 Å². The van der Waals surface area contributed by atoms with Crippen molar-refractivity contribution in [2.75, 3.05) is 0 Å². The molecule has 0 saturated heterocycles. The summed E-state index contributed by atoms with van der Waals surface area (Å²) in [4.78, 5) is 10.4. The minimum Gasteiger partial charge on any atom is -0.504 e. The molecule has 0 aliphatic heterocycles. The fourth-order valence-corrected chi connectivity index (χ4v) is 0.996. The highest BCUT2D eigenvalue weighted by Gasteiger charge is 2.22. The SMILES string of the molecule is O=C(O)c1c(O)c(O)cc(Cl)c1F. The van der Waals surface area contributed by atoms with Gasteiger partial charge in [-0.2, -0.15) is 0 Å². The lowest BCUT2D eigenvalue weighted by molar-refractivity contribution is 0.0687. The zero-order valence-corrected chi connectivity index (χ0v) is 6.84. The lowest BCUT2D eigenvalue weighted by Crippen LogP contribution is -2.01. The average Bonchev–Trinajstić information content (AvgIpc) is 2.01. The van der Waals surface area contributed by atoms with Gasteiger partial charge >= 0.3 is 5.97 Å². The Morgan fingerprint density at radius 2 is 2.00 bits per heavy atom. The molecule has 1 aromatic carbocycles. The summed E-state index contributed by atoms with van der Waals surface area (Å²) >= 11 is 5.23. The molecule has 0 spiro atoms. The van der Waals surface area contributed by atoms with Gasteiger partial charge in [0.1, 0.15) is 5.56 Å². The van der Waals surface area contributed by atoms with Gasteiger partial charge in [0.05, 0.1) is 5.02 Å². The maximum absolute atomic E-state index is 12.9. The molecule has 0 fully saturated rings. The number of hydrogen-bond acceptors (Lipinski definition) is 3. The van der Waals surface area contributed by atoms with E-state index < -0.39 is 33.9 Å². The van der Waals surface area contributed by atoms with Crippen molar-refractivity contribution in [1.82, 2.24) is 0 Å². The van der Waals surface area contributed by atoms with Gasteiger partial charge in [-0.05, 0) is 0 Å². The van der Waals surface area contributed by atoms with Crippen LogP contribution in [0.3, 0.4) is 0 Å². The number of aromatic hydroxyl groups is 2. The van der Waals surface area contributed by atoms with Gasteiger partial charge in [0, 0.05) is 6.07 Å². The first-order chi connectivity index (χ1) is 5.95. The molecule has 0 amide bonds. The van der Waals surface area contributed by atoms with Crippen LogP contribution in [0.1, 0.15) is 10.4 Å². The van der Waals surface area contributed by atoms with Crippen molar-refractivity contribution >= 4 is 17.6 Å². The zero-order chi connectivity index (χ0) is 10.2. The Kier molecular flexibility index (Phi) is 2.29. The second kappa shape index (κ2) is 3.10. The van der Waals surface area contributed by atoms with Crippen LogP contribution in [-0.2, 0) is 0 Å². The first kappa shape index (κ1) is 9.60. The number of rotatable bonds is 1. The standard InChI is InChI=1S/C7H4ClFO4/c8-2-1-3(10)6(11)4(5(2)9)7(12)13/h1,10-11H,(H,12,13). The number of halogens is 2. The molecule has 0 radical (unpaired) electrons. The van der Waals surface area contributed by atoms with Gasteiger partial charge in [-0.25, -0.2) is 9.18 Å². The molecule has 0 aromatic heterocycles. The van der Waals surface area contributed by atoms with Crippen LogP contribution >= 0.6 is 11.6 Å². The van der Waals surface area contributed by atoms with E-state index in [4.69, 9.17) is 26.9 Å². The summed E-state index contributed by atoms with van der Waals surface area (Å²) in [7, 11) is 0. The topological polar surface area (TPSA) is 77.8 Å². The summed E-state index contributed by atoms with van der Waals surface area (Å²) in [6.45, 7) is 0. The van der Waals surface area contributed by atoms with Gasteiger partial charge < -0.3 is 15.3 Å². The van der Waals surface area contributed by atoms with E-state index in [0.29, 0.717) is 0 Å². The number of carboxylic acids is 1. The molecule has 70 valence electrons. The molecule has 0 heterocycles. The molecule has 0 unspecified atom stereocenters. The van der Waals surface area contributed by atoms with Gasteiger partial charge in [0.2, 0.25) is 0 Å². The Morgan fingerprint density at radius 1 is 1.46 bits per heavy atom. The van der Waals surface area contributed by atoms with Crippen LogP contribution in [0.15, 0.2) is 6.07 Å². The first-order valence-corrected chi connectivity index (χ1v) is 3.46. The van der Waals surface area contributed by atoms with Crippen LogP contribution in [-0.4, -0.2) is 21.3 Å². The molecule has 4 nitrogen and oxygen atoms in total. The Morgan fingerprint density at radius 3 is 2.46 bits per heavy atom. The van der Waals surface area contributed by atoms with Crippen molar-refractivity contribution in [3.8, 4) is 11.5 Å². The molecule has 6 heteroatoms. The van der Waals surface area contributed by atoms with Gasteiger partial charge in [-0.1, -0.05) is 11.6 Å². The van der Waals surface area contributed by atoms with Gasteiger partial charge in [0.15, 0.2) is 17.3 Å². The Hall–Kier alpha value is -1.49. The van der Waals surface area contributed by atoms with E-state index in [-0.39, 0.29) is 0 Å². The van der Waals surface area contributed by atoms with Gasteiger partial charge in [-0.15, -0.1) is 0 Å².